The van der Waals surface area contributed by atoms with Crippen molar-refractivity contribution in [3.63, 3.8) is 0 Å². The van der Waals surface area contributed by atoms with E-state index in [-0.39, 0.29) is 18.6 Å². The number of hydrogen-bond acceptors (Lipinski definition) is 6. The number of hydrogen-bond donors (Lipinski definition) is 3. The van der Waals surface area contributed by atoms with Gasteiger partial charge in [-0.15, -0.1) is 0 Å². The second-order valence-corrected chi connectivity index (χ2v) is 9.99. The molecule has 5 atom stereocenters. The van der Waals surface area contributed by atoms with Gasteiger partial charge in [0.25, 0.3) is 0 Å². The Bertz CT molecular complexity index is 456. The molecule has 0 spiro atoms. The maximum absolute atomic E-state index is 10.2. The van der Waals surface area contributed by atoms with E-state index in [1.807, 2.05) is 13.8 Å². The summed E-state index contributed by atoms with van der Waals surface area (Å²) in [7, 11) is 0. The van der Waals surface area contributed by atoms with Gasteiger partial charge in [-0.25, -0.2) is 0 Å². The number of rotatable bonds is 9. The normalized spacial score (nSPS) is 30.8. The average Bonchev–Trinajstić information content (AvgIpc) is 2.52. The Morgan fingerprint density at radius 2 is 1.48 bits per heavy atom. The smallest absolute Gasteiger partial charge is 0.186 e. The van der Waals surface area contributed by atoms with Crippen LogP contribution in [0.3, 0.4) is 0 Å². The second-order valence-electron chi connectivity index (χ2n) is 9.99. The highest BCUT2D eigenvalue weighted by Gasteiger charge is 2.47. The van der Waals surface area contributed by atoms with Crippen molar-refractivity contribution in [2.45, 2.75) is 91.7 Å². The third-order valence-corrected chi connectivity index (χ3v) is 6.29. The van der Waals surface area contributed by atoms with E-state index >= 15 is 0 Å². The lowest BCUT2D eigenvalue weighted by molar-refractivity contribution is -0.311. The molecule has 1 aliphatic heterocycles. The Hall–Kier alpha value is -0.280. The molecule has 7 nitrogen and oxygen atoms in total. The van der Waals surface area contributed by atoms with E-state index in [4.69, 9.17) is 19.3 Å². The summed E-state index contributed by atoms with van der Waals surface area (Å²) in [5, 5.41) is 38.8. The largest absolute Gasteiger partial charge is 0.441 e. The van der Waals surface area contributed by atoms with E-state index < -0.39 is 41.7 Å². The van der Waals surface area contributed by atoms with Gasteiger partial charge in [-0.3, -0.25) is 0 Å². The van der Waals surface area contributed by atoms with Crippen LogP contribution < -0.4 is 0 Å². The molecule has 0 saturated carbocycles. The van der Waals surface area contributed by atoms with E-state index in [0.29, 0.717) is 12.5 Å². The van der Waals surface area contributed by atoms with Crippen LogP contribution in [0.4, 0.5) is 0 Å². The lowest BCUT2D eigenvalue weighted by Crippen LogP contribution is -2.60. The maximum atomic E-state index is 10.2. The zero-order valence-electron chi connectivity index (χ0n) is 18.2. The van der Waals surface area contributed by atoms with Crippen LogP contribution in [0, 0.1) is 16.7 Å². The Balaban J connectivity index is 2.68. The van der Waals surface area contributed by atoms with Crippen molar-refractivity contribution in [1.82, 2.24) is 0 Å². The van der Waals surface area contributed by atoms with E-state index in [1.54, 1.807) is 13.8 Å². The number of aliphatic hydroxyl groups excluding tert-OH is 3. The molecule has 0 bridgehead atoms. The summed E-state index contributed by atoms with van der Waals surface area (Å²) in [5.74, 6) is 0.425. The van der Waals surface area contributed by atoms with Crippen molar-refractivity contribution in [3.05, 3.63) is 0 Å². The summed E-state index contributed by atoms with van der Waals surface area (Å²) in [5.41, 5.74) is -1.28. The number of aliphatic hydroxyl groups is 3. The van der Waals surface area contributed by atoms with Crippen molar-refractivity contribution >= 4 is 0 Å². The van der Waals surface area contributed by atoms with E-state index in [0.717, 1.165) is 0 Å². The Morgan fingerprint density at radius 3 is 1.96 bits per heavy atom. The van der Waals surface area contributed by atoms with Gasteiger partial charge in [-0.1, -0.05) is 27.7 Å². The average molecular weight is 394 g/mol. The van der Waals surface area contributed by atoms with Crippen molar-refractivity contribution in [1.29, 1.82) is 0 Å². The van der Waals surface area contributed by atoms with Crippen LogP contribution in [0.25, 0.3) is 0 Å². The van der Waals surface area contributed by atoms with Gasteiger partial charge >= 0.3 is 0 Å². The van der Waals surface area contributed by atoms with Crippen LogP contribution in [-0.4, -0.2) is 76.6 Å². The molecule has 1 rings (SSSR count). The quantitative estimate of drug-likeness (QED) is 0.505. The summed E-state index contributed by atoms with van der Waals surface area (Å²) in [6, 6.07) is 0. The second kappa shape index (κ2) is 9.03. The standard InChI is InChI=1S/C20H40O7/c1-12(2)18(3,4)10-25-9-13-14(21)15(22)16(23)17(27-13)26-11-19(5,6)20(7,8)24/h12-17,21-24H,9-11H2,1-8H3/p+1. The molecule has 162 valence electrons. The van der Waals surface area contributed by atoms with Crippen molar-refractivity contribution in [2.75, 3.05) is 19.8 Å². The highest BCUT2D eigenvalue weighted by Crippen LogP contribution is 2.32. The van der Waals surface area contributed by atoms with Crippen molar-refractivity contribution in [2.24, 2.45) is 16.7 Å². The lowest BCUT2D eigenvalue weighted by Gasteiger charge is -2.42. The topological polar surface area (TPSA) is 111 Å². The SMILES string of the molecule is CC(C)C(C)(C)COCC1OC(OCC(C)(C)C(C)(C)[OH2+])C(O)C(O)C1O. The minimum atomic E-state index is -1.39. The molecule has 0 aromatic carbocycles. The molecular formula is C20H41O7+. The highest BCUT2D eigenvalue weighted by molar-refractivity contribution is 4.91. The zero-order valence-corrected chi connectivity index (χ0v) is 18.2. The first kappa shape index (κ1) is 24.8. The number of ether oxygens (including phenoxy) is 3. The van der Waals surface area contributed by atoms with Crippen molar-refractivity contribution < 1.29 is 34.6 Å². The monoisotopic (exact) mass is 393 g/mol. The van der Waals surface area contributed by atoms with Gasteiger partial charge in [0.1, 0.15) is 24.4 Å². The van der Waals surface area contributed by atoms with Crippen LogP contribution in [0.1, 0.15) is 55.4 Å². The summed E-state index contributed by atoms with van der Waals surface area (Å²) in [6.07, 6.45) is -5.90. The fourth-order valence-corrected chi connectivity index (χ4v) is 2.27. The van der Waals surface area contributed by atoms with E-state index in [2.05, 4.69) is 27.7 Å². The molecule has 5 unspecified atom stereocenters. The van der Waals surface area contributed by atoms with Gasteiger partial charge in [0.05, 0.1) is 25.2 Å². The van der Waals surface area contributed by atoms with Gasteiger partial charge < -0.3 is 34.6 Å². The van der Waals surface area contributed by atoms with E-state index in [9.17, 15) is 15.3 Å². The maximum Gasteiger partial charge on any atom is 0.186 e. The molecule has 7 heteroatoms. The molecular weight excluding hydrogens is 352 g/mol. The fourth-order valence-electron chi connectivity index (χ4n) is 2.27. The van der Waals surface area contributed by atoms with Gasteiger partial charge in [-0.2, -0.15) is 0 Å². The van der Waals surface area contributed by atoms with Crippen LogP contribution in [0.2, 0.25) is 0 Å². The molecule has 1 aliphatic rings. The van der Waals surface area contributed by atoms with Gasteiger partial charge in [0.15, 0.2) is 11.9 Å². The predicted molar refractivity (Wildman–Crippen MR) is 104 cm³/mol. The van der Waals surface area contributed by atoms with Crippen LogP contribution in [0.5, 0.6) is 0 Å². The van der Waals surface area contributed by atoms with Crippen LogP contribution in [-0.2, 0) is 14.2 Å². The molecule has 1 heterocycles. The van der Waals surface area contributed by atoms with Gasteiger partial charge in [0.2, 0.25) is 0 Å². The summed E-state index contributed by atoms with van der Waals surface area (Å²) >= 11 is 0. The molecule has 1 saturated heterocycles. The zero-order chi connectivity index (χ0) is 21.2. The molecule has 27 heavy (non-hydrogen) atoms. The molecule has 0 aliphatic carbocycles. The third-order valence-electron chi connectivity index (χ3n) is 6.29. The first-order valence-corrected chi connectivity index (χ1v) is 9.74. The highest BCUT2D eigenvalue weighted by atomic mass is 16.7. The summed E-state index contributed by atoms with van der Waals surface area (Å²) in [4.78, 5) is 0. The Kier molecular flexibility index (Phi) is 8.28. The predicted octanol–water partition coefficient (Wildman–Crippen LogP) is 1.04. The van der Waals surface area contributed by atoms with Crippen molar-refractivity contribution in [3.8, 4) is 0 Å². The lowest BCUT2D eigenvalue weighted by atomic mass is 9.78. The molecule has 0 aromatic rings. The molecule has 5 N–H and O–H groups in total. The van der Waals surface area contributed by atoms with Gasteiger partial charge in [-0.05, 0) is 25.2 Å². The Morgan fingerprint density at radius 1 is 0.926 bits per heavy atom. The van der Waals surface area contributed by atoms with Crippen LogP contribution in [0.15, 0.2) is 0 Å². The third kappa shape index (κ3) is 6.35. The Labute approximate surface area is 163 Å². The first-order valence-electron chi connectivity index (χ1n) is 9.74. The molecule has 0 aromatic heterocycles. The molecule has 0 radical (unpaired) electrons. The van der Waals surface area contributed by atoms with E-state index in [1.165, 1.54) is 0 Å². The fraction of sp³-hybridized carbons (Fsp3) is 1.00. The minimum Gasteiger partial charge on any atom is -0.441 e. The summed E-state index contributed by atoms with van der Waals surface area (Å²) < 4.78 is 17.1. The molecule has 1 fully saturated rings. The minimum absolute atomic E-state index is 0.0304. The van der Waals surface area contributed by atoms with Gasteiger partial charge in [0, 0.05) is 13.8 Å². The van der Waals surface area contributed by atoms with Crippen LogP contribution >= 0.6 is 0 Å². The first-order chi connectivity index (χ1) is 12.1. The summed E-state index contributed by atoms with van der Waals surface area (Å²) in [6.45, 7) is 16.6. The molecule has 0 amide bonds.